The van der Waals surface area contributed by atoms with E-state index in [2.05, 4.69) is 5.32 Å². The van der Waals surface area contributed by atoms with Crippen molar-refractivity contribution < 1.29 is 5.11 Å². The maximum Gasteiger partial charge on any atom is 0.0844 e. The Hall–Kier alpha value is -0.120. The van der Waals surface area contributed by atoms with Crippen molar-refractivity contribution in [3.05, 3.63) is 0 Å². The van der Waals surface area contributed by atoms with Gasteiger partial charge >= 0.3 is 0 Å². The first kappa shape index (κ1) is 6.58. The SMILES string of the molecule is N[C@H]1C[C@H]2CC[C@H](N2)[C@H]1O. The summed E-state index contributed by atoms with van der Waals surface area (Å²) in [6.07, 6.45) is 2.92. The van der Waals surface area contributed by atoms with Crippen LogP contribution in [0.2, 0.25) is 0 Å². The number of fused-ring (bicyclic) bond motifs is 2. The summed E-state index contributed by atoms with van der Waals surface area (Å²) in [5.41, 5.74) is 5.71. The zero-order valence-corrected chi connectivity index (χ0v) is 5.96. The Morgan fingerprint density at radius 3 is 3.00 bits per heavy atom. The number of rotatable bonds is 0. The van der Waals surface area contributed by atoms with Crippen molar-refractivity contribution in [2.75, 3.05) is 0 Å². The van der Waals surface area contributed by atoms with Crippen LogP contribution >= 0.6 is 0 Å². The molecule has 3 nitrogen and oxygen atoms in total. The summed E-state index contributed by atoms with van der Waals surface area (Å²) in [6.45, 7) is 0. The van der Waals surface area contributed by atoms with Crippen LogP contribution in [0.15, 0.2) is 0 Å². The molecule has 2 heterocycles. The summed E-state index contributed by atoms with van der Waals surface area (Å²) in [6, 6.07) is 0.885. The first-order valence-corrected chi connectivity index (χ1v) is 3.97. The summed E-state index contributed by atoms with van der Waals surface area (Å²) >= 11 is 0. The van der Waals surface area contributed by atoms with Crippen molar-refractivity contribution in [2.45, 2.75) is 43.5 Å². The molecule has 4 atom stereocenters. The van der Waals surface area contributed by atoms with Crippen LogP contribution < -0.4 is 11.1 Å². The van der Waals surface area contributed by atoms with Gasteiger partial charge in [-0.15, -0.1) is 0 Å². The second-order valence-corrected chi connectivity index (χ2v) is 3.44. The van der Waals surface area contributed by atoms with Gasteiger partial charge < -0.3 is 16.2 Å². The Kier molecular flexibility index (Phi) is 1.44. The molecular weight excluding hydrogens is 128 g/mol. The highest BCUT2D eigenvalue weighted by Crippen LogP contribution is 2.25. The molecule has 2 fully saturated rings. The molecule has 0 aromatic heterocycles. The predicted molar refractivity (Wildman–Crippen MR) is 38.5 cm³/mol. The van der Waals surface area contributed by atoms with Gasteiger partial charge in [0.15, 0.2) is 0 Å². The summed E-state index contributed by atoms with van der Waals surface area (Å²) < 4.78 is 0. The Labute approximate surface area is 60.6 Å². The molecule has 58 valence electrons. The number of hydrogen-bond donors (Lipinski definition) is 3. The average molecular weight is 142 g/mol. The fourth-order valence-corrected chi connectivity index (χ4v) is 2.07. The van der Waals surface area contributed by atoms with Crippen LogP contribution in [0.4, 0.5) is 0 Å². The fourth-order valence-electron chi connectivity index (χ4n) is 2.07. The Bertz CT molecular complexity index is 140. The summed E-state index contributed by atoms with van der Waals surface area (Å²) in [5, 5.41) is 12.8. The summed E-state index contributed by atoms with van der Waals surface area (Å²) in [7, 11) is 0. The number of nitrogens with two attached hydrogens (primary N) is 1. The van der Waals surface area contributed by atoms with E-state index in [4.69, 9.17) is 5.73 Å². The zero-order valence-electron chi connectivity index (χ0n) is 5.96. The third-order valence-corrected chi connectivity index (χ3v) is 2.68. The normalized spacial score (nSPS) is 53.4. The van der Waals surface area contributed by atoms with Crippen molar-refractivity contribution in [3.8, 4) is 0 Å². The fraction of sp³-hybridized carbons (Fsp3) is 1.00. The number of aliphatic hydroxyl groups is 1. The zero-order chi connectivity index (χ0) is 7.14. The first-order valence-electron chi connectivity index (χ1n) is 3.97. The molecule has 2 saturated heterocycles. The molecule has 0 aromatic carbocycles. The smallest absolute Gasteiger partial charge is 0.0844 e. The van der Waals surface area contributed by atoms with Gasteiger partial charge in [-0.25, -0.2) is 0 Å². The van der Waals surface area contributed by atoms with Crippen LogP contribution in [-0.4, -0.2) is 29.3 Å². The molecule has 2 bridgehead atoms. The highest BCUT2D eigenvalue weighted by molar-refractivity contribution is 4.99. The molecule has 0 saturated carbocycles. The second-order valence-electron chi connectivity index (χ2n) is 3.44. The predicted octanol–water partition coefficient (Wildman–Crippen LogP) is -0.801. The Balaban J connectivity index is 2.09. The van der Waals surface area contributed by atoms with Gasteiger partial charge in [-0.05, 0) is 19.3 Å². The molecule has 2 aliphatic heterocycles. The lowest BCUT2D eigenvalue weighted by atomic mass is 9.98. The summed E-state index contributed by atoms with van der Waals surface area (Å²) in [5.74, 6) is 0. The third-order valence-electron chi connectivity index (χ3n) is 2.68. The molecule has 0 radical (unpaired) electrons. The van der Waals surface area contributed by atoms with E-state index in [1.165, 1.54) is 6.42 Å². The van der Waals surface area contributed by atoms with Crippen molar-refractivity contribution in [1.29, 1.82) is 0 Å². The van der Waals surface area contributed by atoms with E-state index in [9.17, 15) is 5.11 Å². The minimum atomic E-state index is -0.307. The van der Waals surface area contributed by atoms with E-state index in [0.717, 1.165) is 12.8 Å². The monoisotopic (exact) mass is 142 g/mol. The van der Waals surface area contributed by atoms with E-state index < -0.39 is 0 Å². The lowest BCUT2D eigenvalue weighted by Gasteiger charge is -2.31. The van der Waals surface area contributed by atoms with Gasteiger partial charge in [0.1, 0.15) is 0 Å². The number of piperidine rings is 1. The van der Waals surface area contributed by atoms with Gasteiger partial charge in [0.25, 0.3) is 0 Å². The maximum absolute atomic E-state index is 9.48. The molecule has 0 amide bonds. The highest BCUT2D eigenvalue weighted by Gasteiger charge is 2.38. The molecule has 0 spiro atoms. The van der Waals surface area contributed by atoms with Crippen LogP contribution in [0.5, 0.6) is 0 Å². The standard InChI is InChI=1S/C7H14N2O/c8-5-3-4-1-2-6(9-4)7(5)10/h4-7,9-10H,1-3,8H2/t4-,5+,6+,7+/m1/s1. The van der Waals surface area contributed by atoms with Crippen molar-refractivity contribution in [2.24, 2.45) is 5.73 Å². The largest absolute Gasteiger partial charge is 0.390 e. The molecule has 2 rings (SSSR count). The Morgan fingerprint density at radius 2 is 2.20 bits per heavy atom. The topological polar surface area (TPSA) is 58.3 Å². The molecule has 0 aliphatic carbocycles. The number of aliphatic hydroxyl groups excluding tert-OH is 1. The minimum absolute atomic E-state index is 0.0127. The van der Waals surface area contributed by atoms with Crippen LogP contribution in [0, 0.1) is 0 Å². The maximum atomic E-state index is 9.48. The second kappa shape index (κ2) is 2.19. The summed E-state index contributed by atoms with van der Waals surface area (Å²) in [4.78, 5) is 0. The van der Waals surface area contributed by atoms with E-state index in [-0.39, 0.29) is 18.2 Å². The molecular formula is C7H14N2O. The lowest BCUT2D eigenvalue weighted by molar-refractivity contribution is 0.0830. The van der Waals surface area contributed by atoms with Gasteiger partial charge in [-0.2, -0.15) is 0 Å². The van der Waals surface area contributed by atoms with Crippen molar-refractivity contribution >= 4 is 0 Å². The molecule has 0 aromatic rings. The average Bonchev–Trinajstić information content (AvgIpc) is 2.29. The Morgan fingerprint density at radius 1 is 1.40 bits per heavy atom. The molecule has 4 N–H and O–H groups in total. The highest BCUT2D eigenvalue weighted by atomic mass is 16.3. The van der Waals surface area contributed by atoms with E-state index in [1.807, 2.05) is 0 Å². The lowest BCUT2D eigenvalue weighted by Crippen LogP contribution is -2.55. The van der Waals surface area contributed by atoms with E-state index in [0.29, 0.717) is 6.04 Å². The van der Waals surface area contributed by atoms with Crippen LogP contribution in [0.3, 0.4) is 0 Å². The van der Waals surface area contributed by atoms with Crippen LogP contribution in [0.1, 0.15) is 19.3 Å². The van der Waals surface area contributed by atoms with E-state index >= 15 is 0 Å². The first-order chi connectivity index (χ1) is 4.77. The van der Waals surface area contributed by atoms with Gasteiger partial charge in [0, 0.05) is 18.1 Å². The van der Waals surface area contributed by atoms with Gasteiger partial charge in [0.2, 0.25) is 0 Å². The van der Waals surface area contributed by atoms with Gasteiger partial charge in [0.05, 0.1) is 6.10 Å². The van der Waals surface area contributed by atoms with Crippen molar-refractivity contribution in [1.82, 2.24) is 5.32 Å². The van der Waals surface area contributed by atoms with Crippen LogP contribution in [0.25, 0.3) is 0 Å². The minimum Gasteiger partial charge on any atom is -0.390 e. The van der Waals surface area contributed by atoms with Gasteiger partial charge in [-0.3, -0.25) is 0 Å². The quantitative estimate of drug-likeness (QED) is 0.415. The number of hydrogen-bond acceptors (Lipinski definition) is 3. The molecule has 0 unspecified atom stereocenters. The van der Waals surface area contributed by atoms with Crippen molar-refractivity contribution in [3.63, 3.8) is 0 Å². The third kappa shape index (κ3) is 0.856. The van der Waals surface area contributed by atoms with Gasteiger partial charge in [-0.1, -0.05) is 0 Å². The van der Waals surface area contributed by atoms with Crippen LogP contribution in [-0.2, 0) is 0 Å². The number of nitrogens with one attached hydrogen (secondary N) is 1. The molecule has 3 heteroatoms. The molecule has 2 aliphatic rings. The van der Waals surface area contributed by atoms with E-state index in [1.54, 1.807) is 0 Å². The molecule has 10 heavy (non-hydrogen) atoms.